The third-order valence-electron chi connectivity index (χ3n) is 1.29. The van der Waals surface area contributed by atoms with Gasteiger partial charge < -0.3 is 0 Å². The molecule has 1 aromatic carbocycles. The van der Waals surface area contributed by atoms with Crippen LogP contribution in [0.2, 0.25) is 0 Å². The molecule has 4 nitrogen and oxygen atoms in total. The summed E-state index contributed by atoms with van der Waals surface area (Å²) in [6.07, 6.45) is 2.38. The van der Waals surface area contributed by atoms with Crippen LogP contribution >= 0.6 is 0 Å². The molecule has 0 aliphatic rings. The van der Waals surface area contributed by atoms with Gasteiger partial charge in [0.05, 0.1) is 0 Å². The monoisotopic (exact) mass is 178 g/mol. The van der Waals surface area contributed by atoms with Gasteiger partial charge in [-0.25, -0.2) is 14.0 Å². The summed E-state index contributed by atoms with van der Waals surface area (Å²) in [6.45, 7) is 0. The third-order valence-corrected chi connectivity index (χ3v) is 1.29. The first-order valence-electron chi connectivity index (χ1n) is 3.24. The lowest BCUT2D eigenvalue weighted by atomic mass is 10.3. The van der Waals surface area contributed by atoms with Crippen molar-refractivity contribution in [3.05, 3.63) is 24.0 Å². The topological polar surface area (TPSA) is 58.9 Å². The number of aliphatic imine (C=N–C) groups is 2. The number of rotatable bonds is 2. The molecule has 0 heterocycles. The molecular weight excluding hydrogens is 175 g/mol. The number of benzene rings is 1. The van der Waals surface area contributed by atoms with Crippen molar-refractivity contribution in [1.82, 2.24) is 0 Å². The van der Waals surface area contributed by atoms with Crippen LogP contribution in [0.25, 0.3) is 0 Å². The molecule has 1 aromatic rings. The van der Waals surface area contributed by atoms with E-state index >= 15 is 0 Å². The Balaban J connectivity index is 3.33. The minimum atomic E-state index is -0.839. The lowest BCUT2D eigenvalue weighted by Gasteiger charge is -1.95. The fraction of sp³-hybridized carbons (Fsp3) is 0. The van der Waals surface area contributed by atoms with E-state index in [1.165, 1.54) is 30.4 Å². The second-order valence-corrected chi connectivity index (χ2v) is 2.02. The highest BCUT2D eigenvalue weighted by Crippen LogP contribution is 2.25. The molecule has 0 spiro atoms. The smallest absolute Gasteiger partial charge is 0.211 e. The van der Waals surface area contributed by atoms with Gasteiger partial charge in [0.15, 0.2) is 5.82 Å². The predicted molar refractivity (Wildman–Crippen MR) is 42.0 cm³/mol. The second-order valence-electron chi connectivity index (χ2n) is 2.02. The summed E-state index contributed by atoms with van der Waals surface area (Å²) >= 11 is 0. The average molecular weight is 178 g/mol. The van der Waals surface area contributed by atoms with Crippen molar-refractivity contribution in [1.29, 1.82) is 0 Å². The molecule has 0 aliphatic carbocycles. The molecule has 1 rings (SSSR count). The molecule has 0 aromatic heterocycles. The van der Waals surface area contributed by atoms with Crippen LogP contribution in [0.3, 0.4) is 0 Å². The minimum Gasteiger partial charge on any atom is -0.211 e. The molecule has 5 heteroatoms. The molecule has 0 N–H and O–H groups in total. The maximum Gasteiger partial charge on any atom is 0.240 e. The Hall–Kier alpha value is -2.09. The zero-order chi connectivity index (χ0) is 9.68. The third kappa shape index (κ3) is 1.93. The van der Waals surface area contributed by atoms with Gasteiger partial charge in [-0.3, -0.25) is 0 Å². The van der Waals surface area contributed by atoms with Crippen molar-refractivity contribution in [2.24, 2.45) is 9.98 Å². The molecule has 0 atom stereocenters. The largest absolute Gasteiger partial charge is 0.240 e. The van der Waals surface area contributed by atoms with Crippen molar-refractivity contribution in [2.45, 2.75) is 0 Å². The molecule has 0 unspecified atom stereocenters. The Morgan fingerprint density at radius 2 is 1.54 bits per heavy atom. The van der Waals surface area contributed by atoms with Gasteiger partial charge in [-0.15, -0.1) is 0 Å². The van der Waals surface area contributed by atoms with Gasteiger partial charge in [-0.1, -0.05) is 6.07 Å². The highest BCUT2D eigenvalue weighted by Gasteiger charge is 2.05. The van der Waals surface area contributed by atoms with E-state index in [2.05, 4.69) is 9.98 Å². The van der Waals surface area contributed by atoms with E-state index in [4.69, 9.17) is 0 Å². The molecule has 0 fully saturated rings. The molecule has 13 heavy (non-hydrogen) atoms. The van der Waals surface area contributed by atoms with E-state index in [9.17, 15) is 14.0 Å². The molecule has 0 aliphatic heterocycles. The standard InChI is InChI=1S/C8H3FN2O2/c9-8-6(10-4-12)2-1-3-7(8)11-5-13/h1-3H. The van der Waals surface area contributed by atoms with Crippen molar-refractivity contribution < 1.29 is 14.0 Å². The van der Waals surface area contributed by atoms with Crippen molar-refractivity contribution in [3.63, 3.8) is 0 Å². The van der Waals surface area contributed by atoms with Crippen LogP contribution in [0.1, 0.15) is 0 Å². The van der Waals surface area contributed by atoms with Gasteiger partial charge >= 0.3 is 0 Å². The average Bonchev–Trinajstić information content (AvgIpc) is 2.13. The number of halogens is 1. The number of carbonyl (C=O) groups excluding carboxylic acids is 2. The molecule has 64 valence electrons. The molecule has 0 saturated carbocycles. The first-order chi connectivity index (χ1) is 6.29. The SMILES string of the molecule is O=C=Nc1cccc(N=C=O)c1F. The maximum atomic E-state index is 13.1. The van der Waals surface area contributed by atoms with Gasteiger partial charge in [0.25, 0.3) is 0 Å². The van der Waals surface area contributed by atoms with Gasteiger partial charge in [0, 0.05) is 0 Å². The lowest BCUT2D eigenvalue weighted by Crippen LogP contribution is -1.76. The first-order valence-corrected chi connectivity index (χ1v) is 3.24. The quantitative estimate of drug-likeness (QED) is 0.511. The van der Waals surface area contributed by atoms with Crippen LogP contribution in [0, 0.1) is 5.82 Å². The van der Waals surface area contributed by atoms with Gasteiger partial charge in [0.2, 0.25) is 12.2 Å². The first kappa shape index (κ1) is 9.00. The summed E-state index contributed by atoms with van der Waals surface area (Å²) < 4.78 is 13.1. The van der Waals surface area contributed by atoms with Crippen LogP contribution in [0.4, 0.5) is 15.8 Å². The van der Waals surface area contributed by atoms with Crippen LogP contribution < -0.4 is 0 Å². The molecule has 0 amide bonds. The summed E-state index contributed by atoms with van der Waals surface area (Å²) in [4.78, 5) is 25.8. The molecule has 0 saturated heterocycles. The molecular formula is C8H3FN2O2. The number of isocyanates is 2. The fourth-order valence-corrected chi connectivity index (χ4v) is 0.779. The Morgan fingerprint density at radius 1 is 1.08 bits per heavy atom. The van der Waals surface area contributed by atoms with E-state index in [1.807, 2.05) is 0 Å². The van der Waals surface area contributed by atoms with Crippen LogP contribution in [0.5, 0.6) is 0 Å². The van der Waals surface area contributed by atoms with Gasteiger partial charge in [0.1, 0.15) is 11.4 Å². The normalized spacial score (nSPS) is 8.38. The highest BCUT2D eigenvalue weighted by atomic mass is 19.1. The zero-order valence-electron chi connectivity index (χ0n) is 6.32. The van der Waals surface area contributed by atoms with E-state index < -0.39 is 5.82 Å². The predicted octanol–water partition coefficient (Wildman–Crippen LogP) is 1.76. The lowest BCUT2D eigenvalue weighted by molar-refractivity contribution is 0.564. The summed E-state index contributed by atoms with van der Waals surface area (Å²) in [6, 6.07) is 3.95. The summed E-state index contributed by atoms with van der Waals surface area (Å²) in [5.41, 5.74) is -0.405. The Kier molecular flexibility index (Phi) is 2.82. The van der Waals surface area contributed by atoms with E-state index in [1.54, 1.807) is 0 Å². The number of hydrogen-bond donors (Lipinski definition) is 0. The van der Waals surface area contributed by atoms with Crippen molar-refractivity contribution in [2.75, 3.05) is 0 Å². The highest BCUT2D eigenvalue weighted by molar-refractivity contribution is 5.59. The minimum absolute atomic E-state index is 0.202. The summed E-state index contributed by atoms with van der Waals surface area (Å²) in [7, 11) is 0. The number of hydrogen-bond acceptors (Lipinski definition) is 4. The Bertz CT molecular complexity index is 382. The van der Waals surface area contributed by atoms with Gasteiger partial charge in [-0.05, 0) is 12.1 Å². The maximum absolute atomic E-state index is 13.1. The van der Waals surface area contributed by atoms with Crippen molar-refractivity contribution in [3.8, 4) is 0 Å². The van der Waals surface area contributed by atoms with Gasteiger partial charge in [-0.2, -0.15) is 9.98 Å². The van der Waals surface area contributed by atoms with E-state index in [-0.39, 0.29) is 11.4 Å². The summed E-state index contributed by atoms with van der Waals surface area (Å²) in [5, 5.41) is 0. The van der Waals surface area contributed by atoms with Crippen LogP contribution in [0.15, 0.2) is 28.2 Å². The second kappa shape index (κ2) is 4.07. The van der Waals surface area contributed by atoms with Crippen LogP contribution in [-0.2, 0) is 9.59 Å². The summed E-state index contributed by atoms with van der Waals surface area (Å²) in [5.74, 6) is -0.839. The Labute approximate surface area is 72.4 Å². The van der Waals surface area contributed by atoms with E-state index in [0.717, 1.165) is 0 Å². The molecule has 0 bridgehead atoms. The fourth-order valence-electron chi connectivity index (χ4n) is 0.779. The number of nitrogens with zero attached hydrogens (tertiary/aromatic N) is 2. The van der Waals surface area contributed by atoms with Crippen molar-refractivity contribution >= 4 is 23.5 Å². The van der Waals surface area contributed by atoms with Crippen LogP contribution in [-0.4, -0.2) is 12.2 Å². The molecule has 0 radical (unpaired) electrons. The zero-order valence-corrected chi connectivity index (χ0v) is 6.32. The van der Waals surface area contributed by atoms with E-state index in [0.29, 0.717) is 0 Å². The Morgan fingerprint density at radius 3 is 1.92 bits per heavy atom.